The second-order valence-corrected chi connectivity index (χ2v) is 6.93. The van der Waals surface area contributed by atoms with Gasteiger partial charge in [-0.15, -0.1) is 5.10 Å². The molecule has 1 heterocycles. The van der Waals surface area contributed by atoms with Crippen molar-refractivity contribution in [2.24, 2.45) is 0 Å². The molecule has 0 amide bonds. The van der Waals surface area contributed by atoms with Crippen molar-refractivity contribution < 1.29 is 8.42 Å². The Morgan fingerprint density at radius 2 is 1.74 bits per heavy atom. The third kappa shape index (κ3) is 4.71. The highest BCUT2D eigenvalue weighted by atomic mass is 32.2. The van der Waals surface area contributed by atoms with E-state index >= 15 is 0 Å². The molecule has 0 aromatic carbocycles. The maximum atomic E-state index is 12.0. The van der Waals surface area contributed by atoms with Crippen LogP contribution in [0.1, 0.15) is 32.2 Å². The molecule has 1 atom stereocenters. The highest BCUT2D eigenvalue weighted by molar-refractivity contribution is 7.93. The van der Waals surface area contributed by atoms with Crippen molar-refractivity contribution in [1.29, 1.82) is 0 Å². The van der Waals surface area contributed by atoms with Crippen molar-refractivity contribution in [2.75, 3.05) is 11.3 Å². The molecule has 0 saturated carbocycles. The number of sulfonamides is 1. The van der Waals surface area contributed by atoms with Crippen molar-refractivity contribution in [3.63, 3.8) is 0 Å². The third-order valence-corrected chi connectivity index (χ3v) is 4.36. The van der Waals surface area contributed by atoms with E-state index in [2.05, 4.69) is 25.2 Å². The molecule has 0 aliphatic rings. The molecule has 0 aliphatic heterocycles. The van der Waals surface area contributed by atoms with Crippen molar-refractivity contribution in [1.82, 2.24) is 20.5 Å². The largest absolute Gasteiger partial charge is 0.313 e. The Bertz CT molecular complexity index is 530. The summed E-state index contributed by atoms with van der Waals surface area (Å²) < 4.78 is 26.5. The molecule has 0 aliphatic carbocycles. The Labute approximate surface area is 114 Å². The van der Waals surface area contributed by atoms with Crippen molar-refractivity contribution in [2.45, 2.75) is 45.9 Å². The number of nitrogens with zero attached hydrogens (tertiary/aromatic N) is 3. The molecule has 1 aromatic heterocycles. The summed E-state index contributed by atoms with van der Waals surface area (Å²) in [5.74, 6) is 0.0134. The lowest BCUT2D eigenvalue weighted by atomic mass is 10.3. The summed E-state index contributed by atoms with van der Waals surface area (Å²) in [7, 11) is -3.52. The Balaban J connectivity index is 2.75. The first-order valence-electron chi connectivity index (χ1n) is 6.15. The number of aromatic nitrogens is 3. The SMILES string of the molecule is Cc1nnc(NS(=O)(=O)C(C)CNC(C)C)nc1C. The lowest BCUT2D eigenvalue weighted by molar-refractivity contribution is 0.553. The van der Waals surface area contributed by atoms with Gasteiger partial charge < -0.3 is 5.32 Å². The lowest BCUT2D eigenvalue weighted by Crippen LogP contribution is -2.37. The van der Waals surface area contributed by atoms with E-state index < -0.39 is 15.3 Å². The second kappa shape index (κ2) is 6.25. The van der Waals surface area contributed by atoms with Crippen LogP contribution in [0.4, 0.5) is 5.95 Å². The van der Waals surface area contributed by atoms with Gasteiger partial charge in [0, 0.05) is 12.6 Å². The van der Waals surface area contributed by atoms with Crippen LogP contribution in [0, 0.1) is 13.8 Å². The molecular weight excluding hydrogens is 266 g/mol. The lowest BCUT2D eigenvalue weighted by Gasteiger charge is -2.16. The average Bonchev–Trinajstić information content (AvgIpc) is 2.30. The van der Waals surface area contributed by atoms with E-state index in [1.807, 2.05) is 13.8 Å². The second-order valence-electron chi connectivity index (χ2n) is 4.83. The van der Waals surface area contributed by atoms with E-state index in [0.29, 0.717) is 17.9 Å². The zero-order valence-corrected chi connectivity index (χ0v) is 12.7. The van der Waals surface area contributed by atoms with Crippen LogP contribution in [0.2, 0.25) is 0 Å². The number of aryl methyl sites for hydroxylation is 2. The maximum absolute atomic E-state index is 12.0. The van der Waals surface area contributed by atoms with E-state index in [-0.39, 0.29) is 12.0 Å². The van der Waals surface area contributed by atoms with Crippen LogP contribution in [0.15, 0.2) is 0 Å². The van der Waals surface area contributed by atoms with E-state index in [1.54, 1.807) is 20.8 Å². The molecule has 1 rings (SSSR count). The van der Waals surface area contributed by atoms with Gasteiger partial charge in [0.1, 0.15) is 0 Å². The van der Waals surface area contributed by atoms with Crippen molar-refractivity contribution in [3.8, 4) is 0 Å². The Kier molecular flexibility index (Phi) is 5.19. The van der Waals surface area contributed by atoms with Crippen LogP contribution in [0.3, 0.4) is 0 Å². The molecule has 0 fully saturated rings. The van der Waals surface area contributed by atoms with Gasteiger partial charge in [-0.05, 0) is 20.8 Å². The highest BCUT2D eigenvalue weighted by Crippen LogP contribution is 2.07. The number of hydrogen-bond acceptors (Lipinski definition) is 6. The summed E-state index contributed by atoms with van der Waals surface area (Å²) in [4.78, 5) is 4.05. The fraction of sp³-hybridized carbons (Fsp3) is 0.727. The number of nitrogens with one attached hydrogen (secondary N) is 2. The fourth-order valence-electron chi connectivity index (χ4n) is 1.24. The van der Waals surface area contributed by atoms with Crippen LogP contribution in [-0.4, -0.2) is 41.4 Å². The minimum absolute atomic E-state index is 0.0134. The molecule has 7 nitrogen and oxygen atoms in total. The molecule has 8 heteroatoms. The van der Waals surface area contributed by atoms with Crippen molar-refractivity contribution in [3.05, 3.63) is 11.4 Å². The summed E-state index contributed by atoms with van der Waals surface area (Å²) in [6.45, 7) is 9.44. The van der Waals surface area contributed by atoms with E-state index in [1.165, 1.54) is 0 Å². The maximum Gasteiger partial charge on any atom is 0.256 e. The normalized spacial score (nSPS) is 13.6. The quantitative estimate of drug-likeness (QED) is 0.796. The molecule has 0 radical (unpaired) electrons. The summed E-state index contributed by atoms with van der Waals surface area (Å²) in [6.07, 6.45) is 0. The van der Waals surface area contributed by atoms with Gasteiger partial charge in [-0.25, -0.2) is 18.1 Å². The molecule has 108 valence electrons. The highest BCUT2D eigenvalue weighted by Gasteiger charge is 2.22. The smallest absolute Gasteiger partial charge is 0.256 e. The standard InChI is InChI=1S/C11H21N5O2S/c1-7(2)12-6-8(3)19(17,18)16-11-13-9(4)10(5)14-15-11/h7-8,12H,6H2,1-5H3,(H,13,15,16). The Morgan fingerprint density at radius 3 is 2.26 bits per heavy atom. The molecular formula is C11H21N5O2S. The molecule has 19 heavy (non-hydrogen) atoms. The minimum Gasteiger partial charge on any atom is -0.313 e. The topological polar surface area (TPSA) is 96.9 Å². The first kappa shape index (κ1) is 15.8. The van der Waals surface area contributed by atoms with Gasteiger partial charge in [0.25, 0.3) is 5.95 Å². The molecule has 1 aromatic rings. The van der Waals surface area contributed by atoms with Gasteiger partial charge >= 0.3 is 0 Å². The van der Waals surface area contributed by atoms with Crippen LogP contribution < -0.4 is 10.0 Å². The summed E-state index contributed by atoms with van der Waals surface area (Å²) >= 11 is 0. The molecule has 2 N–H and O–H groups in total. The summed E-state index contributed by atoms with van der Waals surface area (Å²) in [5.41, 5.74) is 1.33. The number of hydrogen-bond donors (Lipinski definition) is 2. The van der Waals surface area contributed by atoms with Gasteiger partial charge in [-0.1, -0.05) is 13.8 Å². The van der Waals surface area contributed by atoms with Gasteiger partial charge in [0.05, 0.1) is 16.6 Å². The first-order chi connectivity index (χ1) is 8.72. The molecule has 0 spiro atoms. The minimum atomic E-state index is -3.52. The Hall–Kier alpha value is -1.28. The number of anilines is 1. The van der Waals surface area contributed by atoms with Crippen LogP contribution in [0.5, 0.6) is 0 Å². The number of rotatable bonds is 6. The molecule has 0 saturated heterocycles. The van der Waals surface area contributed by atoms with Gasteiger partial charge in [0.2, 0.25) is 10.0 Å². The summed E-state index contributed by atoms with van der Waals surface area (Å²) in [6, 6.07) is 0.234. The first-order valence-corrected chi connectivity index (χ1v) is 7.70. The van der Waals surface area contributed by atoms with E-state index in [4.69, 9.17) is 0 Å². The predicted molar refractivity (Wildman–Crippen MR) is 74.4 cm³/mol. The van der Waals surface area contributed by atoms with Gasteiger partial charge in [-0.2, -0.15) is 5.10 Å². The molecule has 1 unspecified atom stereocenters. The van der Waals surface area contributed by atoms with Gasteiger partial charge in [0.15, 0.2) is 0 Å². The summed E-state index contributed by atoms with van der Waals surface area (Å²) in [5, 5.41) is 10.1. The van der Waals surface area contributed by atoms with Crippen molar-refractivity contribution >= 4 is 16.0 Å². The monoisotopic (exact) mass is 287 g/mol. The Morgan fingerprint density at radius 1 is 1.11 bits per heavy atom. The van der Waals surface area contributed by atoms with Crippen LogP contribution in [0.25, 0.3) is 0 Å². The third-order valence-electron chi connectivity index (χ3n) is 2.67. The zero-order valence-electron chi connectivity index (χ0n) is 11.9. The van der Waals surface area contributed by atoms with Gasteiger partial charge in [-0.3, -0.25) is 0 Å². The van der Waals surface area contributed by atoms with Crippen LogP contribution in [-0.2, 0) is 10.0 Å². The molecule has 0 bridgehead atoms. The van der Waals surface area contributed by atoms with Crippen LogP contribution >= 0.6 is 0 Å². The van der Waals surface area contributed by atoms with E-state index in [0.717, 1.165) is 0 Å². The fourth-order valence-corrected chi connectivity index (χ4v) is 2.10. The predicted octanol–water partition coefficient (Wildman–Crippen LogP) is 0.617. The van der Waals surface area contributed by atoms with E-state index in [9.17, 15) is 8.42 Å². The zero-order chi connectivity index (χ0) is 14.6. The average molecular weight is 287 g/mol.